The lowest BCUT2D eigenvalue weighted by Crippen LogP contribution is -1.95. The summed E-state index contributed by atoms with van der Waals surface area (Å²) in [7, 11) is 0. The van der Waals surface area contributed by atoms with Crippen molar-refractivity contribution in [2.24, 2.45) is 0 Å². The van der Waals surface area contributed by atoms with E-state index in [2.05, 4.69) is 4.98 Å². The van der Waals surface area contributed by atoms with Gasteiger partial charge in [0.2, 0.25) is 0 Å². The summed E-state index contributed by atoms with van der Waals surface area (Å²) < 4.78 is 5.89. The van der Waals surface area contributed by atoms with Crippen LogP contribution in [0.2, 0.25) is 0 Å². The van der Waals surface area contributed by atoms with Gasteiger partial charge in [-0.25, -0.2) is 0 Å². The number of aliphatic hydroxyl groups excluding tert-OH is 1. The summed E-state index contributed by atoms with van der Waals surface area (Å²) in [6.45, 7) is -0.0240. The van der Waals surface area contributed by atoms with Gasteiger partial charge in [-0.05, 0) is 29.8 Å². The zero-order valence-electron chi connectivity index (χ0n) is 10.8. The van der Waals surface area contributed by atoms with E-state index in [0.29, 0.717) is 17.2 Å². The minimum atomic E-state index is -0.0240. The molecular weight excluding hydrogens is 252 g/mol. The second-order valence-corrected chi connectivity index (χ2v) is 4.47. The minimum absolute atomic E-state index is 0.0240. The number of hydrogen-bond donors (Lipinski definition) is 2. The number of rotatable bonds is 3. The summed E-state index contributed by atoms with van der Waals surface area (Å²) in [4.78, 5) is 4.27. The summed E-state index contributed by atoms with van der Waals surface area (Å²) in [6, 6.07) is 14.9. The number of pyridine rings is 1. The molecule has 0 bridgehead atoms. The van der Waals surface area contributed by atoms with Crippen LogP contribution in [0.25, 0.3) is 10.9 Å². The molecule has 0 aliphatic carbocycles. The van der Waals surface area contributed by atoms with Crippen LogP contribution in [0.1, 0.15) is 5.56 Å². The molecule has 0 aliphatic heterocycles. The number of anilines is 1. The van der Waals surface area contributed by atoms with Gasteiger partial charge >= 0.3 is 0 Å². The molecule has 0 aliphatic rings. The molecule has 0 fully saturated rings. The van der Waals surface area contributed by atoms with Crippen LogP contribution in [0.15, 0.2) is 54.7 Å². The predicted molar refractivity (Wildman–Crippen MR) is 78.6 cm³/mol. The van der Waals surface area contributed by atoms with E-state index in [9.17, 15) is 0 Å². The van der Waals surface area contributed by atoms with Crippen LogP contribution in [0.4, 0.5) is 5.69 Å². The number of aromatic nitrogens is 1. The molecule has 1 aromatic heterocycles. The number of nitrogen functional groups attached to an aromatic ring is 1. The van der Waals surface area contributed by atoms with E-state index in [1.807, 2.05) is 42.5 Å². The first kappa shape index (κ1) is 12.4. The van der Waals surface area contributed by atoms with Crippen molar-refractivity contribution < 1.29 is 9.84 Å². The van der Waals surface area contributed by atoms with Crippen LogP contribution < -0.4 is 10.5 Å². The van der Waals surface area contributed by atoms with E-state index >= 15 is 0 Å². The zero-order chi connectivity index (χ0) is 13.9. The highest BCUT2D eigenvalue weighted by atomic mass is 16.5. The fourth-order valence-electron chi connectivity index (χ4n) is 2.07. The molecule has 0 unspecified atom stereocenters. The van der Waals surface area contributed by atoms with Gasteiger partial charge in [0.05, 0.1) is 24.0 Å². The predicted octanol–water partition coefficient (Wildman–Crippen LogP) is 3.10. The summed E-state index contributed by atoms with van der Waals surface area (Å²) in [5, 5.41) is 10.0. The summed E-state index contributed by atoms with van der Waals surface area (Å²) in [5.74, 6) is 1.23. The highest BCUT2D eigenvalue weighted by molar-refractivity contribution is 5.89. The topological polar surface area (TPSA) is 68.4 Å². The van der Waals surface area contributed by atoms with Crippen molar-refractivity contribution in [2.75, 3.05) is 5.73 Å². The quantitative estimate of drug-likeness (QED) is 0.764. The Morgan fingerprint density at radius 1 is 1.10 bits per heavy atom. The van der Waals surface area contributed by atoms with Gasteiger partial charge in [0.1, 0.15) is 5.75 Å². The molecular formula is C16H14N2O2. The third-order valence-electron chi connectivity index (χ3n) is 3.05. The minimum Gasteiger partial charge on any atom is -0.454 e. The number of fused-ring (bicyclic) bond motifs is 1. The Labute approximate surface area is 116 Å². The van der Waals surface area contributed by atoms with E-state index in [1.54, 1.807) is 12.3 Å². The van der Waals surface area contributed by atoms with Gasteiger partial charge in [0.25, 0.3) is 0 Å². The van der Waals surface area contributed by atoms with Crippen molar-refractivity contribution in [3.8, 4) is 11.5 Å². The molecule has 4 nitrogen and oxygen atoms in total. The Balaban J connectivity index is 2.07. The summed E-state index contributed by atoms with van der Waals surface area (Å²) in [6.07, 6.45) is 1.59. The number of ether oxygens (including phenoxy) is 1. The summed E-state index contributed by atoms with van der Waals surface area (Å²) >= 11 is 0. The van der Waals surface area contributed by atoms with Crippen molar-refractivity contribution in [3.63, 3.8) is 0 Å². The first-order chi connectivity index (χ1) is 9.78. The first-order valence-corrected chi connectivity index (χ1v) is 6.29. The van der Waals surface area contributed by atoms with Gasteiger partial charge in [-0.1, -0.05) is 24.3 Å². The van der Waals surface area contributed by atoms with Gasteiger partial charge in [-0.15, -0.1) is 0 Å². The van der Waals surface area contributed by atoms with E-state index in [4.69, 9.17) is 15.6 Å². The number of hydrogen-bond acceptors (Lipinski definition) is 4. The Bertz CT molecular complexity index is 756. The van der Waals surface area contributed by atoms with E-state index in [-0.39, 0.29) is 6.61 Å². The Hall–Kier alpha value is -2.59. The summed E-state index contributed by atoms with van der Waals surface area (Å²) in [5.41, 5.74) is 8.07. The van der Waals surface area contributed by atoms with Gasteiger partial charge in [0.15, 0.2) is 5.75 Å². The molecule has 0 radical (unpaired) electrons. The maximum absolute atomic E-state index is 9.16. The van der Waals surface area contributed by atoms with Gasteiger partial charge in [-0.3, -0.25) is 4.98 Å². The molecule has 3 N–H and O–H groups in total. The molecule has 0 amide bonds. The number of aliphatic hydroxyl groups is 1. The lowest BCUT2D eigenvalue weighted by atomic mass is 10.2. The maximum Gasteiger partial charge on any atom is 0.161 e. The van der Waals surface area contributed by atoms with Crippen LogP contribution in [-0.2, 0) is 6.61 Å². The van der Waals surface area contributed by atoms with Crippen molar-refractivity contribution in [3.05, 3.63) is 60.3 Å². The first-order valence-electron chi connectivity index (χ1n) is 6.29. The van der Waals surface area contributed by atoms with Gasteiger partial charge in [-0.2, -0.15) is 0 Å². The molecule has 0 atom stereocenters. The van der Waals surface area contributed by atoms with Crippen molar-refractivity contribution in [2.45, 2.75) is 6.61 Å². The molecule has 2 aromatic carbocycles. The molecule has 100 valence electrons. The fourth-order valence-corrected chi connectivity index (χ4v) is 2.07. The zero-order valence-corrected chi connectivity index (χ0v) is 10.8. The number of nitrogens with zero attached hydrogens (tertiary/aromatic N) is 1. The highest BCUT2D eigenvalue weighted by Gasteiger charge is 2.09. The lowest BCUT2D eigenvalue weighted by molar-refractivity contribution is 0.281. The second-order valence-electron chi connectivity index (χ2n) is 4.47. The fraction of sp³-hybridized carbons (Fsp3) is 0.0625. The number of nitrogens with two attached hydrogens (primary N) is 1. The van der Waals surface area contributed by atoms with Crippen molar-refractivity contribution in [1.82, 2.24) is 4.98 Å². The van der Waals surface area contributed by atoms with Gasteiger partial charge < -0.3 is 15.6 Å². The monoisotopic (exact) mass is 266 g/mol. The molecule has 20 heavy (non-hydrogen) atoms. The van der Waals surface area contributed by atoms with Crippen LogP contribution in [0, 0.1) is 0 Å². The van der Waals surface area contributed by atoms with E-state index in [1.165, 1.54) is 0 Å². The molecule has 3 rings (SSSR count). The molecule has 4 heteroatoms. The SMILES string of the molecule is Nc1cnc2ccccc2c1Oc1cccc(CO)c1. The Kier molecular flexibility index (Phi) is 3.23. The van der Waals surface area contributed by atoms with Crippen LogP contribution >= 0.6 is 0 Å². The average Bonchev–Trinajstić information content (AvgIpc) is 2.50. The molecule has 3 aromatic rings. The molecule has 0 saturated heterocycles. The Morgan fingerprint density at radius 2 is 1.95 bits per heavy atom. The van der Waals surface area contributed by atoms with Gasteiger partial charge in [0, 0.05) is 5.39 Å². The maximum atomic E-state index is 9.16. The second kappa shape index (κ2) is 5.19. The van der Waals surface area contributed by atoms with Crippen molar-refractivity contribution in [1.29, 1.82) is 0 Å². The van der Waals surface area contributed by atoms with Crippen LogP contribution in [0.3, 0.4) is 0 Å². The molecule has 0 spiro atoms. The number of benzene rings is 2. The third-order valence-corrected chi connectivity index (χ3v) is 3.05. The van der Waals surface area contributed by atoms with E-state index in [0.717, 1.165) is 16.5 Å². The normalized spacial score (nSPS) is 10.7. The van der Waals surface area contributed by atoms with E-state index < -0.39 is 0 Å². The lowest BCUT2D eigenvalue weighted by Gasteiger charge is -2.11. The molecule has 0 saturated carbocycles. The Morgan fingerprint density at radius 3 is 2.80 bits per heavy atom. The molecule has 1 heterocycles. The highest BCUT2D eigenvalue weighted by Crippen LogP contribution is 2.34. The average molecular weight is 266 g/mol. The van der Waals surface area contributed by atoms with Crippen LogP contribution in [0.5, 0.6) is 11.5 Å². The third kappa shape index (κ3) is 2.29. The smallest absolute Gasteiger partial charge is 0.161 e. The van der Waals surface area contributed by atoms with Crippen molar-refractivity contribution >= 4 is 16.6 Å². The largest absolute Gasteiger partial charge is 0.454 e. The van der Waals surface area contributed by atoms with Crippen LogP contribution in [-0.4, -0.2) is 10.1 Å². The number of para-hydroxylation sites is 1. The standard InChI is InChI=1S/C16H14N2O2/c17-14-9-18-15-7-2-1-6-13(15)16(14)20-12-5-3-4-11(8-12)10-19/h1-9,19H,10,17H2.